The Morgan fingerprint density at radius 3 is 0.727 bits per heavy atom. The fourth-order valence-corrected chi connectivity index (χ4v) is 109. The molecule has 3 saturated heterocycles. The van der Waals surface area contributed by atoms with Crippen molar-refractivity contribution in [2.75, 3.05) is 0 Å². The maximum absolute atomic E-state index is 7.82. The zero-order valence-electron chi connectivity index (χ0n) is 29.2. The number of nitrogens with zero attached hydrogens (tertiary/aromatic N) is 6. The molecule has 3 aliphatic rings. The van der Waals surface area contributed by atoms with Gasteiger partial charge in [0, 0.05) is 0 Å². The van der Waals surface area contributed by atoms with Crippen LogP contribution < -0.4 is 26.5 Å². The van der Waals surface area contributed by atoms with Crippen molar-refractivity contribution in [3.63, 3.8) is 0 Å². The van der Waals surface area contributed by atoms with Gasteiger partial charge < -0.3 is 0 Å². The van der Waals surface area contributed by atoms with Crippen LogP contribution in [-0.4, -0.2) is 121 Å². The Morgan fingerprint density at radius 1 is 0.455 bits per heavy atom. The van der Waals surface area contributed by atoms with Gasteiger partial charge in [-0.1, -0.05) is 0 Å². The Labute approximate surface area is 386 Å². The summed E-state index contributed by atoms with van der Waals surface area (Å²) in [5.74, 6) is 0. The molecule has 0 bridgehead atoms. The first kappa shape index (κ1) is 50.7. The van der Waals surface area contributed by atoms with Gasteiger partial charge in [0.25, 0.3) is 0 Å². The second kappa shape index (κ2) is 18.5. The molecule has 0 radical (unpaired) electrons. The Kier molecular flexibility index (Phi) is 21.3. The summed E-state index contributed by atoms with van der Waals surface area (Å²) in [6, 6.07) is 0. The third kappa shape index (κ3) is 11.4. The normalized spacial score (nSPS) is 24.4. The molecule has 3 fully saturated rings. The Morgan fingerprint density at radius 2 is 0.614 bits per heavy atom. The summed E-state index contributed by atoms with van der Waals surface area (Å²) in [5, 5.41) is 0. The molecule has 0 aliphatic carbocycles. The SMILES string of the molecule is CC(C)(C)N(I)[Te+]1N(C(C)(C)C)[Te]2(O[Te]3(O2)N(C(C)(C)C)[Te+](N(I)C(C)(C)C)N3C(C)(C)C)N1C(C)(C)C.I[I-]I.I[I-]I. The summed E-state index contributed by atoms with van der Waals surface area (Å²) in [4.78, 5) is 0. The quantitative estimate of drug-likeness (QED) is 0.236. The van der Waals surface area contributed by atoms with Crippen LogP contribution in [0.4, 0.5) is 0 Å². The van der Waals surface area contributed by atoms with Gasteiger partial charge in [0.2, 0.25) is 0 Å². The third-order valence-corrected chi connectivity index (χ3v) is 78.6. The zero-order valence-corrected chi connectivity index (χ0v) is 55.7. The van der Waals surface area contributed by atoms with Gasteiger partial charge in [0.15, 0.2) is 0 Å². The molecule has 44 heavy (non-hydrogen) atoms. The van der Waals surface area contributed by atoms with Crippen LogP contribution in [0.1, 0.15) is 125 Å². The van der Waals surface area contributed by atoms with Crippen molar-refractivity contribution >= 4 is 200 Å². The molecule has 0 unspecified atom stereocenters. The second-order valence-corrected chi connectivity index (χ2v) is 87.9. The summed E-state index contributed by atoms with van der Waals surface area (Å²) in [6.07, 6.45) is 0. The molecule has 0 atom stereocenters. The van der Waals surface area contributed by atoms with E-state index in [1.807, 2.05) is 0 Å². The van der Waals surface area contributed by atoms with E-state index in [1.165, 1.54) is 0 Å². The van der Waals surface area contributed by atoms with Gasteiger partial charge >= 0.3 is 396 Å². The zero-order chi connectivity index (χ0) is 35.4. The van der Waals surface area contributed by atoms with Crippen LogP contribution in [0.25, 0.3) is 0 Å². The number of hydrogen-bond donors (Lipinski definition) is 0. The first-order chi connectivity index (χ1) is 19.3. The number of halogens is 8. The minimum absolute atomic E-state index is 0.00158. The van der Waals surface area contributed by atoms with Crippen molar-refractivity contribution in [1.82, 2.24) is 8.33 Å². The molecule has 3 heterocycles. The van der Waals surface area contributed by atoms with E-state index in [2.05, 4.69) is 253 Å². The first-order valence-corrected chi connectivity index (χ1v) is 55.0. The molecule has 3 rings (SSSR count). The molecule has 2 spiro atoms. The molecule has 272 valence electrons. The van der Waals surface area contributed by atoms with Gasteiger partial charge in [-0.2, -0.15) is 0 Å². The predicted octanol–water partition coefficient (Wildman–Crippen LogP) is 3.76. The van der Waals surface area contributed by atoms with Crippen LogP contribution in [0, 0.1) is 0 Å². The van der Waals surface area contributed by atoms with Crippen LogP contribution >= 0.6 is 120 Å². The van der Waals surface area contributed by atoms with Crippen LogP contribution in [0.2, 0.25) is 0 Å². The minimum atomic E-state index is -3.51. The summed E-state index contributed by atoms with van der Waals surface area (Å²) in [7, 11) is 0. The van der Waals surface area contributed by atoms with E-state index in [1.54, 1.807) is 0 Å². The predicted molar refractivity (Wildman–Crippen MR) is 239 cm³/mol. The standard InChI is InChI=1S/C24H54I2N6O2Te4.2I3/c1-19(2,3)27(25)35-29(21(7,8)9)37(30(35)22(10,11)12)33-38(34-37)31(23(13,14)15)36(28(26)20(4,5)6)32(38)24(16,17)18;2*1-3-2/h1-18H3;;/q+2;2*-1. The van der Waals surface area contributed by atoms with Gasteiger partial charge in [-0.25, -0.2) is 0 Å². The molecule has 0 amide bonds. The Bertz CT molecular complexity index is 841. The van der Waals surface area contributed by atoms with Crippen LogP contribution in [0.3, 0.4) is 0 Å². The summed E-state index contributed by atoms with van der Waals surface area (Å²) >= 11 is 4.58. The van der Waals surface area contributed by atoms with Crippen LogP contribution in [-0.2, 0) is 2.93 Å². The van der Waals surface area contributed by atoms with E-state index in [4.69, 9.17) is 2.93 Å². The Hall–Kier alpha value is 8.68. The van der Waals surface area contributed by atoms with Crippen LogP contribution in [0.15, 0.2) is 0 Å². The van der Waals surface area contributed by atoms with E-state index in [0.29, 0.717) is 26.5 Å². The molecule has 0 aromatic rings. The molecular weight excluding hydrogens is 1930 g/mol. The second-order valence-electron chi connectivity index (χ2n) is 16.2. The molecule has 20 heteroatoms. The maximum atomic E-state index is 7.82. The molecule has 0 aromatic heterocycles. The summed E-state index contributed by atoms with van der Waals surface area (Å²) in [5.41, 5.74) is 0.167. The van der Waals surface area contributed by atoms with Gasteiger partial charge in [-0.3, -0.25) is 0 Å². The monoisotopic (exact) mass is 1990 g/mol. The summed E-state index contributed by atoms with van der Waals surface area (Å²) in [6.45, 7) is 42.6. The van der Waals surface area contributed by atoms with Crippen molar-refractivity contribution in [1.29, 1.82) is 0 Å². The van der Waals surface area contributed by atoms with E-state index in [0.717, 1.165) is 0 Å². The van der Waals surface area contributed by atoms with E-state index in [9.17, 15) is 0 Å². The van der Waals surface area contributed by atoms with Crippen molar-refractivity contribution in [3.8, 4) is 0 Å². The first-order valence-electron chi connectivity index (χ1n) is 13.7. The topological polar surface area (TPSA) is 37.9 Å². The average Bonchev–Trinajstić information content (AvgIpc) is 2.65. The molecule has 0 N–H and O–H groups in total. The molecule has 8 nitrogen and oxygen atoms in total. The fourth-order valence-electron chi connectivity index (χ4n) is 4.13. The van der Waals surface area contributed by atoms with Crippen LogP contribution in [0.5, 0.6) is 0 Å². The van der Waals surface area contributed by atoms with Crippen molar-refractivity contribution in [2.24, 2.45) is 0 Å². The fraction of sp³-hybridized carbons (Fsp3) is 1.00. The van der Waals surface area contributed by atoms with E-state index < -0.39 is 79.8 Å². The number of rotatable bonds is 2. The molecule has 0 saturated carbocycles. The van der Waals surface area contributed by atoms with E-state index >= 15 is 0 Å². The van der Waals surface area contributed by atoms with Crippen molar-refractivity contribution in [3.05, 3.63) is 0 Å². The van der Waals surface area contributed by atoms with Gasteiger partial charge in [-0.15, -0.1) is 0 Å². The van der Waals surface area contributed by atoms with Gasteiger partial charge in [0.05, 0.1) is 0 Å². The van der Waals surface area contributed by atoms with Gasteiger partial charge in [0.1, 0.15) is 0 Å². The van der Waals surface area contributed by atoms with Gasteiger partial charge in [-0.05, 0) is 0 Å². The van der Waals surface area contributed by atoms with Crippen molar-refractivity contribution < 1.29 is 29.4 Å². The molecular formula is C24H54I8N6O2Te4. The molecule has 3 aliphatic heterocycles. The third-order valence-electron chi connectivity index (χ3n) is 5.32. The Balaban J connectivity index is 0.00000149. The number of hydrogen-bond acceptors (Lipinski definition) is 8. The molecule has 0 aromatic carbocycles. The van der Waals surface area contributed by atoms with E-state index in [-0.39, 0.29) is 33.2 Å². The average molecular weight is 1980 g/mol. The summed E-state index contributed by atoms with van der Waals surface area (Å²) < 4.78 is 32.3. The van der Waals surface area contributed by atoms with Crippen molar-refractivity contribution in [2.45, 2.75) is 158 Å².